The second kappa shape index (κ2) is 3.67. The van der Waals surface area contributed by atoms with Crippen molar-refractivity contribution in [3.05, 3.63) is 21.9 Å². The molecule has 1 aliphatic carbocycles. The molecule has 0 radical (unpaired) electrons. The highest BCUT2D eigenvalue weighted by Crippen LogP contribution is 2.44. The van der Waals surface area contributed by atoms with E-state index in [-0.39, 0.29) is 0 Å². The molecule has 0 aliphatic heterocycles. The van der Waals surface area contributed by atoms with Gasteiger partial charge in [-0.1, -0.05) is 6.92 Å². The summed E-state index contributed by atoms with van der Waals surface area (Å²) in [6.45, 7) is 7.97. The molecule has 0 spiro atoms. The van der Waals surface area contributed by atoms with E-state index < -0.39 is 0 Å². The number of rotatable bonds is 4. The summed E-state index contributed by atoms with van der Waals surface area (Å²) in [4.78, 5) is 2.87. The highest BCUT2D eigenvalue weighted by Gasteiger charge is 2.36. The molecule has 1 aliphatic rings. The monoisotopic (exact) mass is 209 g/mol. The molecule has 2 heteroatoms. The van der Waals surface area contributed by atoms with Gasteiger partial charge >= 0.3 is 0 Å². The van der Waals surface area contributed by atoms with Crippen molar-refractivity contribution in [1.29, 1.82) is 0 Å². The van der Waals surface area contributed by atoms with E-state index in [2.05, 4.69) is 38.2 Å². The van der Waals surface area contributed by atoms with Crippen LogP contribution in [0.1, 0.15) is 42.5 Å². The Morgan fingerprint density at radius 3 is 2.71 bits per heavy atom. The quantitative estimate of drug-likeness (QED) is 0.800. The summed E-state index contributed by atoms with van der Waals surface area (Å²) in [6, 6.07) is 4.97. The van der Waals surface area contributed by atoms with Crippen molar-refractivity contribution in [2.75, 3.05) is 6.54 Å². The minimum Gasteiger partial charge on any atom is -0.309 e. The van der Waals surface area contributed by atoms with Gasteiger partial charge in [0, 0.05) is 22.3 Å². The van der Waals surface area contributed by atoms with Gasteiger partial charge in [-0.3, -0.25) is 0 Å². The molecule has 1 nitrogen and oxygen atoms in total. The first-order valence-corrected chi connectivity index (χ1v) is 6.20. The normalized spacial score (nSPS) is 20.8. The Morgan fingerprint density at radius 2 is 2.21 bits per heavy atom. The second-order valence-corrected chi connectivity index (χ2v) is 6.18. The van der Waals surface area contributed by atoms with Crippen LogP contribution < -0.4 is 5.32 Å². The van der Waals surface area contributed by atoms with Crippen molar-refractivity contribution in [1.82, 2.24) is 5.32 Å². The van der Waals surface area contributed by atoms with Crippen LogP contribution in [0.3, 0.4) is 0 Å². The van der Waals surface area contributed by atoms with Gasteiger partial charge in [-0.15, -0.1) is 11.3 Å². The SMILES string of the molecule is Cc1ccc(C(C)NCC2(C)CC2)s1. The fourth-order valence-electron chi connectivity index (χ4n) is 1.58. The number of thiophene rings is 1. The maximum absolute atomic E-state index is 3.63. The van der Waals surface area contributed by atoms with Crippen LogP contribution in [-0.4, -0.2) is 6.54 Å². The molecular weight excluding hydrogens is 190 g/mol. The van der Waals surface area contributed by atoms with E-state index in [9.17, 15) is 0 Å². The maximum atomic E-state index is 3.63. The first kappa shape index (κ1) is 10.2. The second-order valence-electron chi connectivity index (χ2n) is 4.86. The van der Waals surface area contributed by atoms with E-state index in [0.29, 0.717) is 11.5 Å². The summed E-state index contributed by atoms with van der Waals surface area (Å²) in [6.07, 6.45) is 2.80. The van der Waals surface area contributed by atoms with Crippen molar-refractivity contribution in [3.63, 3.8) is 0 Å². The van der Waals surface area contributed by atoms with Crippen molar-refractivity contribution >= 4 is 11.3 Å². The third-order valence-electron chi connectivity index (χ3n) is 3.13. The van der Waals surface area contributed by atoms with Gasteiger partial charge in [0.1, 0.15) is 0 Å². The molecule has 1 aromatic heterocycles. The molecule has 1 aromatic rings. The van der Waals surface area contributed by atoms with Gasteiger partial charge in [0.15, 0.2) is 0 Å². The Kier molecular flexibility index (Phi) is 2.67. The Balaban J connectivity index is 1.86. The zero-order valence-corrected chi connectivity index (χ0v) is 10.1. The molecule has 1 atom stereocenters. The highest BCUT2D eigenvalue weighted by atomic mass is 32.1. The smallest absolute Gasteiger partial charge is 0.0386 e. The zero-order valence-electron chi connectivity index (χ0n) is 9.26. The van der Waals surface area contributed by atoms with E-state index in [1.54, 1.807) is 0 Å². The molecule has 0 bridgehead atoms. The van der Waals surface area contributed by atoms with Crippen molar-refractivity contribution in [2.24, 2.45) is 5.41 Å². The molecule has 0 aromatic carbocycles. The molecule has 0 saturated heterocycles. The van der Waals surface area contributed by atoms with Crippen LogP contribution >= 0.6 is 11.3 Å². The van der Waals surface area contributed by atoms with Crippen molar-refractivity contribution < 1.29 is 0 Å². The van der Waals surface area contributed by atoms with E-state index >= 15 is 0 Å². The lowest BCUT2D eigenvalue weighted by Crippen LogP contribution is -2.24. The average molecular weight is 209 g/mol. The third-order valence-corrected chi connectivity index (χ3v) is 4.31. The highest BCUT2D eigenvalue weighted by molar-refractivity contribution is 7.12. The Hall–Kier alpha value is -0.340. The van der Waals surface area contributed by atoms with Gasteiger partial charge in [-0.25, -0.2) is 0 Å². The van der Waals surface area contributed by atoms with E-state index in [0.717, 1.165) is 0 Å². The lowest BCUT2D eigenvalue weighted by Gasteiger charge is -2.15. The summed E-state index contributed by atoms with van der Waals surface area (Å²) < 4.78 is 0. The maximum Gasteiger partial charge on any atom is 0.0386 e. The van der Waals surface area contributed by atoms with Gasteiger partial charge < -0.3 is 5.32 Å². The number of aryl methyl sites for hydroxylation is 1. The average Bonchev–Trinajstić information content (AvgIpc) is 2.71. The molecule has 1 fully saturated rings. The Labute approximate surface area is 90.5 Å². The lowest BCUT2D eigenvalue weighted by molar-refractivity contribution is 0.460. The van der Waals surface area contributed by atoms with Crippen LogP contribution in [0.15, 0.2) is 12.1 Å². The van der Waals surface area contributed by atoms with Gasteiger partial charge in [0.05, 0.1) is 0 Å². The Bertz CT molecular complexity index is 312. The van der Waals surface area contributed by atoms with Gasteiger partial charge in [-0.2, -0.15) is 0 Å². The van der Waals surface area contributed by atoms with Crippen LogP contribution in [0.2, 0.25) is 0 Å². The molecular formula is C12H19NS. The summed E-state index contributed by atoms with van der Waals surface area (Å²) in [5, 5.41) is 3.63. The minimum absolute atomic E-state index is 0.520. The molecule has 1 saturated carbocycles. The number of hydrogen-bond donors (Lipinski definition) is 1. The van der Waals surface area contributed by atoms with Crippen LogP contribution in [0.4, 0.5) is 0 Å². The zero-order chi connectivity index (χ0) is 10.2. The molecule has 1 N–H and O–H groups in total. The van der Waals surface area contributed by atoms with Crippen molar-refractivity contribution in [2.45, 2.75) is 39.7 Å². The van der Waals surface area contributed by atoms with E-state index in [4.69, 9.17) is 0 Å². The molecule has 78 valence electrons. The molecule has 1 heterocycles. The van der Waals surface area contributed by atoms with E-state index in [1.807, 2.05) is 11.3 Å². The first-order chi connectivity index (χ1) is 6.59. The number of hydrogen-bond acceptors (Lipinski definition) is 2. The Morgan fingerprint density at radius 1 is 1.50 bits per heavy atom. The molecule has 0 amide bonds. The predicted molar refractivity (Wildman–Crippen MR) is 62.8 cm³/mol. The van der Waals surface area contributed by atoms with Crippen LogP contribution in [-0.2, 0) is 0 Å². The van der Waals surface area contributed by atoms with Crippen molar-refractivity contribution in [3.8, 4) is 0 Å². The van der Waals surface area contributed by atoms with Gasteiger partial charge in [-0.05, 0) is 44.2 Å². The minimum atomic E-state index is 0.520. The predicted octanol–water partition coefficient (Wildman–Crippen LogP) is 3.51. The fourth-order valence-corrected chi connectivity index (χ4v) is 2.48. The summed E-state index contributed by atoms with van der Waals surface area (Å²) in [7, 11) is 0. The van der Waals surface area contributed by atoms with Crippen LogP contribution in [0, 0.1) is 12.3 Å². The van der Waals surface area contributed by atoms with E-state index in [1.165, 1.54) is 29.1 Å². The topological polar surface area (TPSA) is 12.0 Å². The summed E-state index contributed by atoms with van der Waals surface area (Å²) in [5.41, 5.74) is 0.612. The lowest BCUT2D eigenvalue weighted by atomic mass is 10.1. The summed E-state index contributed by atoms with van der Waals surface area (Å²) >= 11 is 1.90. The van der Waals surface area contributed by atoms with Gasteiger partial charge in [0.2, 0.25) is 0 Å². The molecule has 2 rings (SSSR count). The summed E-state index contributed by atoms with van der Waals surface area (Å²) in [5.74, 6) is 0. The fraction of sp³-hybridized carbons (Fsp3) is 0.667. The van der Waals surface area contributed by atoms with Crippen LogP contribution in [0.5, 0.6) is 0 Å². The standard InChI is InChI=1S/C12H19NS/c1-9-4-5-11(14-9)10(2)13-8-12(3)6-7-12/h4-5,10,13H,6-8H2,1-3H3. The largest absolute Gasteiger partial charge is 0.309 e. The third kappa shape index (κ3) is 2.37. The molecule has 1 unspecified atom stereocenters. The van der Waals surface area contributed by atoms with Gasteiger partial charge in [0.25, 0.3) is 0 Å². The number of nitrogens with one attached hydrogen (secondary N) is 1. The molecule has 14 heavy (non-hydrogen) atoms. The first-order valence-electron chi connectivity index (χ1n) is 5.39. The van der Waals surface area contributed by atoms with Crippen LogP contribution in [0.25, 0.3) is 0 Å².